The van der Waals surface area contributed by atoms with Gasteiger partial charge in [-0.2, -0.15) is 0 Å². The molecule has 1 aromatic carbocycles. The molecule has 21 heavy (non-hydrogen) atoms. The highest BCUT2D eigenvalue weighted by Crippen LogP contribution is 2.35. The van der Waals surface area contributed by atoms with Crippen LogP contribution in [-0.4, -0.2) is 31.7 Å². The van der Waals surface area contributed by atoms with Crippen LogP contribution in [-0.2, 0) is 6.54 Å². The molecule has 0 bridgehead atoms. The number of aromatic nitrogens is 1. The van der Waals surface area contributed by atoms with Crippen LogP contribution in [0.1, 0.15) is 12.6 Å². The summed E-state index contributed by atoms with van der Waals surface area (Å²) in [6.45, 7) is 5.87. The van der Waals surface area contributed by atoms with Gasteiger partial charge in [0.25, 0.3) is 0 Å². The van der Waals surface area contributed by atoms with Crippen molar-refractivity contribution < 1.29 is 0 Å². The van der Waals surface area contributed by atoms with Crippen LogP contribution in [0.25, 0.3) is 0 Å². The van der Waals surface area contributed by atoms with Crippen molar-refractivity contribution in [1.82, 2.24) is 10.3 Å². The van der Waals surface area contributed by atoms with Crippen molar-refractivity contribution in [2.24, 2.45) is 0 Å². The zero-order valence-corrected chi connectivity index (χ0v) is 12.7. The molecule has 0 saturated carbocycles. The van der Waals surface area contributed by atoms with Gasteiger partial charge in [0.05, 0.1) is 17.1 Å². The van der Waals surface area contributed by atoms with E-state index >= 15 is 0 Å². The van der Waals surface area contributed by atoms with E-state index in [1.807, 2.05) is 0 Å². The van der Waals surface area contributed by atoms with E-state index in [2.05, 4.69) is 71.6 Å². The van der Waals surface area contributed by atoms with Gasteiger partial charge in [-0.05, 0) is 30.8 Å². The van der Waals surface area contributed by atoms with E-state index < -0.39 is 0 Å². The highest BCUT2D eigenvalue weighted by atomic mass is 15.3. The molecule has 4 nitrogen and oxygen atoms in total. The fraction of sp³-hybridized carbons (Fsp3) is 0.353. The Morgan fingerprint density at radius 1 is 1.05 bits per heavy atom. The lowest BCUT2D eigenvalue weighted by Gasteiger charge is -2.36. The zero-order chi connectivity index (χ0) is 14.7. The molecule has 2 heterocycles. The number of rotatable bonds is 4. The summed E-state index contributed by atoms with van der Waals surface area (Å²) in [6, 6.07) is 14.8. The topological polar surface area (TPSA) is 31.4 Å². The number of anilines is 3. The monoisotopic (exact) mass is 282 g/mol. The number of likely N-dealkylation sites (N-methyl/N-ethyl adjacent to an activating group) is 1. The standard InChI is InChI=1S/C17H22N4/c1-3-18-13-14-7-6-10-17(19-14)21-12-11-20(2)15-8-4-5-9-16(15)21/h4-10,18H,3,11-13H2,1-2H3. The van der Waals surface area contributed by atoms with Crippen molar-refractivity contribution in [3.63, 3.8) is 0 Å². The van der Waals surface area contributed by atoms with E-state index in [0.29, 0.717) is 0 Å². The number of nitrogens with one attached hydrogen (secondary N) is 1. The quantitative estimate of drug-likeness (QED) is 0.934. The molecular formula is C17H22N4. The van der Waals surface area contributed by atoms with E-state index in [-0.39, 0.29) is 0 Å². The Kier molecular flexibility index (Phi) is 4.06. The Morgan fingerprint density at radius 2 is 1.86 bits per heavy atom. The summed E-state index contributed by atoms with van der Waals surface area (Å²) in [7, 11) is 2.14. The molecular weight excluding hydrogens is 260 g/mol. The largest absolute Gasteiger partial charge is 0.371 e. The molecule has 2 aromatic rings. The smallest absolute Gasteiger partial charge is 0.133 e. The molecule has 0 spiro atoms. The molecule has 0 aliphatic carbocycles. The molecule has 0 atom stereocenters. The maximum atomic E-state index is 4.80. The van der Waals surface area contributed by atoms with Crippen LogP contribution in [0.4, 0.5) is 17.2 Å². The van der Waals surface area contributed by atoms with Gasteiger partial charge in [-0.3, -0.25) is 0 Å². The second-order valence-corrected chi connectivity index (χ2v) is 5.33. The number of hydrogen-bond acceptors (Lipinski definition) is 4. The summed E-state index contributed by atoms with van der Waals surface area (Å²) in [5, 5.41) is 3.33. The Morgan fingerprint density at radius 3 is 2.67 bits per heavy atom. The Labute approximate surface area is 126 Å². The van der Waals surface area contributed by atoms with Crippen molar-refractivity contribution in [3.05, 3.63) is 48.2 Å². The summed E-state index contributed by atoms with van der Waals surface area (Å²) < 4.78 is 0. The van der Waals surface area contributed by atoms with Gasteiger partial charge in [-0.1, -0.05) is 25.1 Å². The Bertz CT molecular complexity index is 611. The average Bonchev–Trinajstić information content (AvgIpc) is 2.54. The minimum absolute atomic E-state index is 0.819. The third-order valence-electron chi connectivity index (χ3n) is 3.87. The van der Waals surface area contributed by atoms with E-state index in [1.54, 1.807) is 0 Å². The zero-order valence-electron chi connectivity index (χ0n) is 12.7. The first kappa shape index (κ1) is 13.9. The van der Waals surface area contributed by atoms with Crippen LogP contribution < -0.4 is 15.1 Å². The molecule has 0 unspecified atom stereocenters. The summed E-state index contributed by atoms with van der Waals surface area (Å²) in [5.74, 6) is 1.03. The second kappa shape index (κ2) is 6.14. The molecule has 0 radical (unpaired) electrons. The average molecular weight is 282 g/mol. The lowest BCUT2D eigenvalue weighted by molar-refractivity contribution is 0.708. The first-order valence-electron chi connectivity index (χ1n) is 7.54. The fourth-order valence-corrected chi connectivity index (χ4v) is 2.71. The second-order valence-electron chi connectivity index (χ2n) is 5.33. The van der Waals surface area contributed by atoms with Gasteiger partial charge in [-0.15, -0.1) is 0 Å². The fourth-order valence-electron chi connectivity index (χ4n) is 2.71. The molecule has 1 N–H and O–H groups in total. The van der Waals surface area contributed by atoms with E-state index in [0.717, 1.165) is 37.7 Å². The van der Waals surface area contributed by atoms with Crippen LogP contribution in [0.3, 0.4) is 0 Å². The van der Waals surface area contributed by atoms with Crippen LogP contribution >= 0.6 is 0 Å². The molecule has 0 saturated heterocycles. The molecule has 1 aromatic heterocycles. The minimum atomic E-state index is 0.819. The molecule has 0 fully saturated rings. The van der Waals surface area contributed by atoms with Crippen molar-refractivity contribution >= 4 is 17.2 Å². The highest BCUT2D eigenvalue weighted by Gasteiger charge is 2.21. The van der Waals surface area contributed by atoms with Crippen molar-refractivity contribution in [3.8, 4) is 0 Å². The van der Waals surface area contributed by atoms with E-state index in [1.165, 1.54) is 11.4 Å². The number of pyridine rings is 1. The number of nitrogens with zero attached hydrogens (tertiary/aromatic N) is 3. The molecule has 1 aliphatic rings. The third-order valence-corrected chi connectivity index (χ3v) is 3.87. The van der Waals surface area contributed by atoms with Crippen LogP contribution in [0, 0.1) is 0 Å². The maximum Gasteiger partial charge on any atom is 0.133 e. The number of fused-ring (bicyclic) bond motifs is 1. The predicted octanol–water partition coefficient (Wildman–Crippen LogP) is 2.78. The van der Waals surface area contributed by atoms with Crippen molar-refractivity contribution in [1.29, 1.82) is 0 Å². The molecule has 4 heteroatoms. The van der Waals surface area contributed by atoms with Gasteiger partial charge in [0.1, 0.15) is 5.82 Å². The van der Waals surface area contributed by atoms with E-state index in [4.69, 9.17) is 4.98 Å². The van der Waals surface area contributed by atoms with E-state index in [9.17, 15) is 0 Å². The van der Waals surface area contributed by atoms with Gasteiger partial charge in [0.2, 0.25) is 0 Å². The normalized spacial score (nSPS) is 14.2. The molecule has 0 amide bonds. The van der Waals surface area contributed by atoms with Crippen LogP contribution in [0.15, 0.2) is 42.5 Å². The molecule has 3 rings (SSSR count). The molecule has 1 aliphatic heterocycles. The number of para-hydroxylation sites is 2. The lowest BCUT2D eigenvalue weighted by atomic mass is 10.1. The Hall–Kier alpha value is -2.07. The van der Waals surface area contributed by atoms with Gasteiger partial charge in [0, 0.05) is 26.7 Å². The minimum Gasteiger partial charge on any atom is -0.371 e. The van der Waals surface area contributed by atoms with Gasteiger partial charge in [-0.25, -0.2) is 4.98 Å². The Balaban J connectivity index is 1.92. The van der Waals surface area contributed by atoms with Crippen LogP contribution in [0.2, 0.25) is 0 Å². The summed E-state index contributed by atoms with van der Waals surface area (Å²) in [5.41, 5.74) is 3.59. The SMILES string of the molecule is CCNCc1cccc(N2CCN(C)c3ccccc32)n1. The number of hydrogen-bond donors (Lipinski definition) is 1. The first-order valence-corrected chi connectivity index (χ1v) is 7.54. The van der Waals surface area contributed by atoms with Crippen molar-refractivity contribution in [2.45, 2.75) is 13.5 Å². The van der Waals surface area contributed by atoms with Gasteiger partial charge in [0.15, 0.2) is 0 Å². The van der Waals surface area contributed by atoms with Gasteiger partial charge < -0.3 is 15.1 Å². The van der Waals surface area contributed by atoms with Crippen LogP contribution in [0.5, 0.6) is 0 Å². The summed E-state index contributed by atoms with van der Waals surface area (Å²) in [4.78, 5) is 9.41. The molecule has 110 valence electrons. The highest BCUT2D eigenvalue weighted by molar-refractivity contribution is 5.78. The summed E-state index contributed by atoms with van der Waals surface area (Å²) >= 11 is 0. The summed E-state index contributed by atoms with van der Waals surface area (Å²) in [6.07, 6.45) is 0. The number of benzene rings is 1. The van der Waals surface area contributed by atoms with Gasteiger partial charge >= 0.3 is 0 Å². The lowest BCUT2D eigenvalue weighted by Crippen LogP contribution is -2.36. The maximum absolute atomic E-state index is 4.80. The van der Waals surface area contributed by atoms with Crippen molar-refractivity contribution in [2.75, 3.05) is 36.5 Å². The first-order chi connectivity index (χ1) is 10.3. The third kappa shape index (κ3) is 2.85. The predicted molar refractivity (Wildman–Crippen MR) is 88.3 cm³/mol.